The Bertz CT molecular complexity index is 1290. The van der Waals surface area contributed by atoms with Crippen molar-refractivity contribution in [1.82, 2.24) is 9.78 Å². The second-order valence-corrected chi connectivity index (χ2v) is 8.60. The highest BCUT2D eigenvalue weighted by molar-refractivity contribution is 7.92. The molecule has 0 atom stereocenters. The number of hydrogen-bond acceptors (Lipinski definition) is 5. The molecule has 176 valence electrons. The Balaban J connectivity index is 1.77. The molecule has 8 nitrogen and oxygen atoms in total. The molecule has 0 radical (unpaired) electrons. The zero-order valence-electron chi connectivity index (χ0n) is 16.6. The molecule has 0 saturated carbocycles. The van der Waals surface area contributed by atoms with Gasteiger partial charge in [0.25, 0.3) is 5.91 Å². The summed E-state index contributed by atoms with van der Waals surface area (Å²) in [7, 11) is -3.69. The molecule has 1 amide bonds. The van der Waals surface area contributed by atoms with Gasteiger partial charge in [-0.2, -0.15) is 27.1 Å². The number of nitrogens with zero attached hydrogens (tertiary/aromatic N) is 2. The number of aromatic hydroxyl groups is 1. The molecule has 0 saturated heterocycles. The number of amides is 1. The van der Waals surface area contributed by atoms with Crippen molar-refractivity contribution >= 4 is 27.3 Å². The zero-order chi connectivity index (χ0) is 24.6. The van der Waals surface area contributed by atoms with E-state index >= 15 is 0 Å². The minimum absolute atomic E-state index is 0.00500. The Morgan fingerprint density at radius 2 is 1.70 bits per heavy atom. The molecular formula is C19H15F5N4O4S. The number of halogens is 5. The summed E-state index contributed by atoms with van der Waals surface area (Å²) >= 11 is 0. The lowest BCUT2D eigenvalue weighted by atomic mass is 10.1. The number of nitrogens with one attached hydrogen (secondary N) is 2. The van der Waals surface area contributed by atoms with Crippen molar-refractivity contribution < 1.29 is 40.3 Å². The van der Waals surface area contributed by atoms with Gasteiger partial charge in [-0.3, -0.25) is 9.52 Å². The normalized spacial score (nSPS) is 12.4. The maximum atomic E-state index is 13.4. The quantitative estimate of drug-likeness (QED) is 0.276. The minimum atomic E-state index is -5.74. The number of hydrogen-bond donors (Lipinski definition) is 3. The Labute approximate surface area is 183 Å². The van der Waals surface area contributed by atoms with E-state index < -0.39 is 33.6 Å². The summed E-state index contributed by atoms with van der Waals surface area (Å²) in [5, 5.41) is 16.1. The van der Waals surface area contributed by atoms with Crippen molar-refractivity contribution in [3.8, 4) is 11.4 Å². The van der Waals surface area contributed by atoms with Gasteiger partial charge in [-0.15, -0.1) is 0 Å². The number of rotatable bonds is 6. The largest absolute Gasteiger partial charge is 0.506 e. The van der Waals surface area contributed by atoms with Crippen LogP contribution in [0.5, 0.6) is 5.75 Å². The van der Waals surface area contributed by atoms with E-state index in [4.69, 9.17) is 0 Å². The van der Waals surface area contributed by atoms with E-state index in [1.807, 2.05) is 0 Å². The molecule has 0 spiro atoms. The van der Waals surface area contributed by atoms with E-state index in [9.17, 15) is 40.3 Å². The Hall–Kier alpha value is -3.68. The highest BCUT2D eigenvalue weighted by atomic mass is 32.2. The highest BCUT2D eigenvalue weighted by Gasteiger charge is 2.58. The first-order chi connectivity index (χ1) is 15.2. The van der Waals surface area contributed by atoms with Gasteiger partial charge in [0.15, 0.2) is 0 Å². The predicted octanol–water partition coefficient (Wildman–Crippen LogP) is 3.86. The van der Waals surface area contributed by atoms with Crippen LogP contribution in [0, 0.1) is 0 Å². The monoisotopic (exact) mass is 490 g/mol. The Kier molecular flexibility index (Phi) is 6.06. The third-order valence-corrected chi connectivity index (χ3v) is 4.84. The third-order valence-electron chi connectivity index (χ3n) is 4.24. The lowest BCUT2D eigenvalue weighted by Gasteiger charge is -2.19. The Morgan fingerprint density at radius 1 is 1.06 bits per heavy atom. The van der Waals surface area contributed by atoms with Crippen LogP contribution in [0.3, 0.4) is 0 Å². The molecule has 3 rings (SSSR count). The number of carbonyl (C=O) groups excluding carboxylic acids is 1. The van der Waals surface area contributed by atoms with E-state index in [0.717, 1.165) is 35.3 Å². The number of aromatic nitrogens is 2. The fourth-order valence-electron chi connectivity index (χ4n) is 2.67. The lowest BCUT2D eigenvalue weighted by Crippen LogP contribution is -2.33. The SMILES string of the molecule is CS(=O)(=O)Nc1cc(NC(=O)c2cnn(-c3ccc(C(F)(F)C(F)(F)F)cc3)c2)ccc1O. The van der Waals surface area contributed by atoms with E-state index in [-0.39, 0.29) is 28.4 Å². The standard InChI is InChI=1S/C19H15F5N4O4S/c1-33(31,32)27-15-8-13(4-7-16(15)29)26-17(30)11-9-25-28(10-11)14-5-2-12(3-6-14)18(20,21)19(22,23)24/h2-10,27,29H,1H3,(H,26,30). The predicted molar refractivity (Wildman–Crippen MR) is 108 cm³/mol. The average molecular weight is 490 g/mol. The van der Waals surface area contributed by atoms with Crippen molar-refractivity contribution in [2.24, 2.45) is 0 Å². The molecule has 0 fully saturated rings. The summed E-state index contributed by atoms with van der Waals surface area (Å²) in [6.45, 7) is 0. The fraction of sp³-hybridized carbons (Fsp3) is 0.158. The second-order valence-electron chi connectivity index (χ2n) is 6.85. The van der Waals surface area contributed by atoms with Gasteiger partial charge in [-0.05, 0) is 30.3 Å². The highest BCUT2D eigenvalue weighted by Crippen LogP contribution is 2.43. The van der Waals surface area contributed by atoms with E-state index in [0.29, 0.717) is 12.1 Å². The molecule has 14 heteroatoms. The van der Waals surface area contributed by atoms with Crippen LogP contribution in [0.1, 0.15) is 15.9 Å². The van der Waals surface area contributed by atoms with Crippen molar-refractivity contribution in [3.05, 3.63) is 66.0 Å². The smallest absolute Gasteiger partial charge is 0.458 e. The molecular weight excluding hydrogens is 475 g/mol. The molecule has 0 unspecified atom stereocenters. The maximum absolute atomic E-state index is 13.4. The second kappa shape index (κ2) is 8.35. The molecule has 1 aromatic heterocycles. The first kappa shape index (κ1) is 24.0. The minimum Gasteiger partial charge on any atom is -0.506 e. The van der Waals surface area contributed by atoms with Crippen LogP contribution in [-0.2, 0) is 15.9 Å². The fourth-order valence-corrected chi connectivity index (χ4v) is 3.23. The molecule has 0 aliphatic heterocycles. The van der Waals surface area contributed by atoms with Crippen molar-refractivity contribution in [1.29, 1.82) is 0 Å². The van der Waals surface area contributed by atoms with Crippen LogP contribution in [0.25, 0.3) is 5.69 Å². The van der Waals surface area contributed by atoms with E-state index in [1.54, 1.807) is 0 Å². The van der Waals surface area contributed by atoms with Crippen LogP contribution in [0.15, 0.2) is 54.9 Å². The molecule has 33 heavy (non-hydrogen) atoms. The third kappa shape index (κ3) is 5.39. The van der Waals surface area contributed by atoms with Crippen molar-refractivity contribution in [2.75, 3.05) is 16.3 Å². The number of phenols is 1. The summed E-state index contributed by atoms with van der Waals surface area (Å²) in [5.74, 6) is -6.07. The summed E-state index contributed by atoms with van der Waals surface area (Å²) in [5.41, 5.74) is -1.14. The zero-order valence-corrected chi connectivity index (χ0v) is 17.4. The molecule has 0 aliphatic carbocycles. The topological polar surface area (TPSA) is 113 Å². The number of benzene rings is 2. The maximum Gasteiger partial charge on any atom is 0.458 e. The van der Waals surface area contributed by atoms with E-state index in [1.165, 1.54) is 18.3 Å². The molecule has 1 heterocycles. The van der Waals surface area contributed by atoms with Gasteiger partial charge >= 0.3 is 12.1 Å². The Morgan fingerprint density at radius 3 is 2.27 bits per heavy atom. The number of anilines is 2. The van der Waals surface area contributed by atoms with Gasteiger partial charge in [0.2, 0.25) is 10.0 Å². The van der Waals surface area contributed by atoms with Gasteiger partial charge in [0, 0.05) is 17.4 Å². The summed E-state index contributed by atoms with van der Waals surface area (Å²) < 4.78 is 90.1. The van der Waals surface area contributed by atoms with Gasteiger partial charge in [0.05, 0.1) is 29.4 Å². The van der Waals surface area contributed by atoms with Crippen molar-refractivity contribution in [3.63, 3.8) is 0 Å². The lowest BCUT2D eigenvalue weighted by molar-refractivity contribution is -0.289. The first-order valence-corrected chi connectivity index (χ1v) is 10.8. The number of carbonyl (C=O) groups is 1. The van der Waals surface area contributed by atoms with Gasteiger partial charge in [-0.25, -0.2) is 13.1 Å². The molecule has 0 aliphatic rings. The van der Waals surface area contributed by atoms with Crippen LogP contribution in [0.4, 0.5) is 33.3 Å². The van der Waals surface area contributed by atoms with Gasteiger partial charge < -0.3 is 10.4 Å². The van der Waals surface area contributed by atoms with Crippen molar-refractivity contribution in [2.45, 2.75) is 12.1 Å². The summed E-state index contributed by atoms with van der Waals surface area (Å²) in [6.07, 6.45) is -2.52. The molecule has 3 N–H and O–H groups in total. The van der Waals surface area contributed by atoms with Crippen LogP contribution in [-0.4, -0.2) is 41.6 Å². The van der Waals surface area contributed by atoms with Gasteiger partial charge in [0.1, 0.15) is 5.75 Å². The van der Waals surface area contributed by atoms with Crippen LogP contribution >= 0.6 is 0 Å². The molecule has 0 bridgehead atoms. The number of alkyl halides is 5. The summed E-state index contributed by atoms with van der Waals surface area (Å²) in [4.78, 5) is 12.4. The molecule has 3 aromatic rings. The summed E-state index contributed by atoms with van der Waals surface area (Å²) in [6, 6.07) is 6.85. The first-order valence-electron chi connectivity index (χ1n) is 8.90. The number of sulfonamides is 1. The van der Waals surface area contributed by atoms with Gasteiger partial charge in [-0.1, -0.05) is 12.1 Å². The number of phenolic OH excluding ortho intramolecular Hbond substituents is 1. The van der Waals surface area contributed by atoms with E-state index in [2.05, 4.69) is 15.1 Å². The van der Waals surface area contributed by atoms with Crippen LogP contribution in [0.2, 0.25) is 0 Å². The van der Waals surface area contributed by atoms with Crippen LogP contribution < -0.4 is 10.0 Å². The average Bonchev–Trinajstić information content (AvgIpc) is 3.19. The molecule has 2 aromatic carbocycles.